The number of carbonyl (C=O) groups is 2. The molecule has 6 heteroatoms. The summed E-state index contributed by atoms with van der Waals surface area (Å²) < 4.78 is 4.52. The molecule has 15 heavy (non-hydrogen) atoms. The van der Waals surface area contributed by atoms with E-state index in [2.05, 4.69) is 14.7 Å². The van der Waals surface area contributed by atoms with E-state index in [1.165, 1.54) is 32.0 Å². The first-order valence-corrected chi connectivity index (χ1v) is 5.23. The summed E-state index contributed by atoms with van der Waals surface area (Å²) in [6, 6.07) is 0. The number of aromatic nitrogens is 2. The van der Waals surface area contributed by atoms with Gasteiger partial charge in [0.2, 0.25) is 0 Å². The van der Waals surface area contributed by atoms with Crippen molar-refractivity contribution in [1.29, 1.82) is 0 Å². The molecule has 0 aliphatic carbocycles. The standard InChI is InChI=1S/C9H12N2O3S/c1-5(12)6(2)15-9-10-4-7(11-9)8(13)14-3/h4,6H,1-3H3,(H,10,11). The number of carbonyl (C=O) groups excluding carboxylic acids is 2. The Kier molecular flexibility index (Phi) is 3.90. The van der Waals surface area contributed by atoms with Crippen molar-refractivity contribution in [1.82, 2.24) is 9.97 Å². The fraction of sp³-hybridized carbons (Fsp3) is 0.444. The number of hydrogen-bond acceptors (Lipinski definition) is 5. The van der Waals surface area contributed by atoms with Crippen LogP contribution in [0, 0.1) is 0 Å². The van der Waals surface area contributed by atoms with E-state index in [-0.39, 0.29) is 16.7 Å². The van der Waals surface area contributed by atoms with Gasteiger partial charge < -0.3 is 9.72 Å². The van der Waals surface area contributed by atoms with Crippen molar-refractivity contribution in [2.45, 2.75) is 24.3 Å². The van der Waals surface area contributed by atoms with Gasteiger partial charge >= 0.3 is 5.97 Å². The van der Waals surface area contributed by atoms with Crippen LogP contribution in [-0.4, -0.2) is 34.1 Å². The van der Waals surface area contributed by atoms with E-state index in [0.29, 0.717) is 5.16 Å². The number of hydrogen-bond donors (Lipinski definition) is 1. The van der Waals surface area contributed by atoms with Crippen molar-refractivity contribution in [3.63, 3.8) is 0 Å². The quantitative estimate of drug-likeness (QED) is 0.620. The van der Waals surface area contributed by atoms with Gasteiger partial charge in [-0.15, -0.1) is 0 Å². The van der Waals surface area contributed by atoms with Crippen molar-refractivity contribution >= 4 is 23.5 Å². The van der Waals surface area contributed by atoms with Crippen molar-refractivity contribution in [2.24, 2.45) is 0 Å². The minimum atomic E-state index is -0.468. The van der Waals surface area contributed by atoms with Crippen LogP contribution in [0.3, 0.4) is 0 Å². The summed E-state index contributed by atoms with van der Waals surface area (Å²) in [7, 11) is 1.30. The molecule has 82 valence electrons. The lowest BCUT2D eigenvalue weighted by Crippen LogP contribution is -2.08. The van der Waals surface area contributed by atoms with Gasteiger partial charge in [-0.3, -0.25) is 4.79 Å². The van der Waals surface area contributed by atoms with Crippen LogP contribution in [0.15, 0.2) is 11.4 Å². The molecule has 5 nitrogen and oxygen atoms in total. The molecule has 1 N–H and O–H groups in total. The lowest BCUT2D eigenvalue weighted by Gasteiger charge is -2.02. The van der Waals surface area contributed by atoms with Crippen LogP contribution >= 0.6 is 11.8 Å². The van der Waals surface area contributed by atoms with Crippen molar-refractivity contribution in [3.05, 3.63) is 11.9 Å². The highest BCUT2D eigenvalue weighted by Crippen LogP contribution is 2.20. The molecule has 0 aromatic carbocycles. The van der Waals surface area contributed by atoms with Crippen molar-refractivity contribution in [2.75, 3.05) is 7.11 Å². The van der Waals surface area contributed by atoms with Crippen LogP contribution < -0.4 is 0 Å². The minimum Gasteiger partial charge on any atom is -0.464 e. The molecule has 0 radical (unpaired) electrons. The summed E-state index contributed by atoms with van der Waals surface area (Å²) in [4.78, 5) is 28.8. The van der Waals surface area contributed by atoms with Crippen molar-refractivity contribution < 1.29 is 14.3 Å². The molecule has 0 saturated carbocycles. The van der Waals surface area contributed by atoms with Gasteiger partial charge in [-0.25, -0.2) is 9.78 Å². The zero-order valence-corrected chi connectivity index (χ0v) is 9.55. The van der Waals surface area contributed by atoms with Crippen LogP contribution in [0.4, 0.5) is 0 Å². The molecule has 0 saturated heterocycles. The van der Waals surface area contributed by atoms with Gasteiger partial charge in [-0.1, -0.05) is 11.8 Å². The maximum atomic E-state index is 11.1. The average molecular weight is 228 g/mol. The Morgan fingerprint density at radius 3 is 2.80 bits per heavy atom. The Labute approximate surface area is 91.6 Å². The average Bonchev–Trinajstić information content (AvgIpc) is 2.65. The lowest BCUT2D eigenvalue weighted by molar-refractivity contribution is -0.116. The molecule has 1 rings (SSSR count). The molecule has 0 aliphatic heterocycles. The highest BCUT2D eigenvalue weighted by atomic mass is 32.2. The highest BCUT2D eigenvalue weighted by molar-refractivity contribution is 8.00. The molecule has 1 heterocycles. The molecule has 0 amide bonds. The number of ketones is 1. The summed E-state index contributed by atoms with van der Waals surface area (Å²) in [5.41, 5.74) is 0.288. The second-order valence-electron chi connectivity index (χ2n) is 2.96. The predicted octanol–water partition coefficient (Wildman–Crippen LogP) is 1.27. The minimum absolute atomic E-state index is 0.0658. The van der Waals surface area contributed by atoms with Gasteiger partial charge in [0.1, 0.15) is 11.5 Å². The molecular formula is C9H12N2O3S. The van der Waals surface area contributed by atoms with Gasteiger partial charge in [0.05, 0.1) is 18.6 Å². The first kappa shape index (κ1) is 11.8. The third-order valence-electron chi connectivity index (χ3n) is 1.82. The van der Waals surface area contributed by atoms with Crippen LogP contribution in [0.2, 0.25) is 0 Å². The number of H-pyrrole nitrogens is 1. The van der Waals surface area contributed by atoms with E-state index in [0.717, 1.165) is 0 Å². The van der Waals surface area contributed by atoms with E-state index in [9.17, 15) is 9.59 Å². The number of thioether (sulfide) groups is 1. The van der Waals surface area contributed by atoms with E-state index < -0.39 is 5.97 Å². The zero-order valence-electron chi connectivity index (χ0n) is 8.73. The van der Waals surface area contributed by atoms with Gasteiger partial charge in [0.25, 0.3) is 0 Å². The van der Waals surface area contributed by atoms with Crippen LogP contribution in [-0.2, 0) is 9.53 Å². The Morgan fingerprint density at radius 2 is 2.27 bits per heavy atom. The van der Waals surface area contributed by atoms with Gasteiger partial charge in [0.15, 0.2) is 5.16 Å². The van der Waals surface area contributed by atoms with Gasteiger partial charge in [-0.05, 0) is 13.8 Å². The summed E-state index contributed by atoms with van der Waals surface area (Å²) in [6.45, 7) is 3.30. The number of nitrogens with one attached hydrogen (secondary N) is 1. The van der Waals surface area contributed by atoms with Crippen LogP contribution in [0.1, 0.15) is 24.3 Å². The molecular weight excluding hydrogens is 216 g/mol. The third kappa shape index (κ3) is 3.09. The third-order valence-corrected chi connectivity index (χ3v) is 2.93. The topological polar surface area (TPSA) is 72.0 Å². The van der Waals surface area contributed by atoms with E-state index >= 15 is 0 Å². The number of esters is 1. The molecule has 0 spiro atoms. The van der Waals surface area contributed by atoms with E-state index in [4.69, 9.17) is 0 Å². The van der Waals surface area contributed by atoms with E-state index in [1.54, 1.807) is 6.92 Å². The van der Waals surface area contributed by atoms with Crippen molar-refractivity contribution in [3.8, 4) is 0 Å². The van der Waals surface area contributed by atoms with Gasteiger partial charge in [-0.2, -0.15) is 0 Å². The first-order chi connectivity index (χ1) is 7.04. The Bertz CT molecular complexity index is 375. The summed E-state index contributed by atoms with van der Waals surface area (Å²) >= 11 is 1.28. The molecule has 1 unspecified atom stereocenters. The Hall–Kier alpha value is -1.30. The number of rotatable bonds is 4. The predicted molar refractivity (Wildman–Crippen MR) is 55.9 cm³/mol. The number of methoxy groups -OCH3 is 1. The van der Waals surface area contributed by atoms with Crippen LogP contribution in [0.5, 0.6) is 0 Å². The number of imidazole rings is 1. The number of aromatic amines is 1. The smallest absolute Gasteiger partial charge is 0.356 e. The monoisotopic (exact) mass is 228 g/mol. The lowest BCUT2D eigenvalue weighted by atomic mass is 10.3. The second kappa shape index (κ2) is 4.97. The summed E-state index contributed by atoms with van der Waals surface area (Å²) in [5, 5.41) is 0.361. The maximum Gasteiger partial charge on any atom is 0.356 e. The summed E-state index contributed by atoms with van der Waals surface area (Å²) in [6.07, 6.45) is 1.39. The molecule has 0 aliphatic rings. The van der Waals surface area contributed by atoms with E-state index in [1.807, 2.05) is 0 Å². The Balaban J connectivity index is 2.68. The fourth-order valence-electron chi connectivity index (χ4n) is 0.827. The maximum absolute atomic E-state index is 11.1. The molecule has 0 bridgehead atoms. The largest absolute Gasteiger partial charge is 0.464 e. The highest BCUT2D eigenvalue weighted by Gasteiger charge is 2.14. The fourth-order valence-corrected chi connectivity index (χ4v) is 1.61. The van der Waals surface area contributed by atoms with Crippen LogP contribution in [0.25, 0.3) is 0 Å². The number of Topliss-reactive ketones (excluding diaryl/α,β-unsaturated/α-hetero) is 1. The zero-order chi connectivity index (χ0) is 11.4. The SMILES string of the molecule is COC(=O)c1cnc(SC(C)C(C)=O)[nH]1. The Morgan fingerprint density at radius 1 is 1.60 bits per heavy atom. The number of ether oxygens (including phenoxy) is 1. The molecule has 0 fully saturated rings. The molecule has 1 aromatic rings. The van der Waals surface area contributed by atoms with Gasteiger partial charge in [0, 0.05) is 0 Å². The molecule has 1 aromatic heterocycles. The number of nitrogens with zero attached hydrogens (tertiary/aromatic N) is 1. The summed E-state index contributed by atoms with van der Waals surface area (Å²) in [5.74, 6) is -0.402. The normalized spacial score (nSPS) is 12.2. The second-order valence-corrected chi connectivity index (χ2v) is 4.29. The molecule has 1 atom stereocenters. The first-order valence-electron chi connectivity index (χ1n) is 4.35.